The lowest BCUT2D eigenvalue weighted by molar-refractivity contribution is -0.146. The van der Waals surface area contributed by atoms with E-state index in [4.69, 9.17) is 21.1 Å². The topological polar surface area (TPSA) is 104 Å². The molecule has 0 aliphatic rings. The third kappa shape index (κ3) is 7.87. The summed E-state index contributed by atoms with van der Waals surface area (Å²) in [6.07, 6.45) is 1.33. The van der Waals surface area contributed by atoms with Gasteiger partial charge in [0, 0.05) is 22.7 Å². The zero-order valence-electron chi connectivity index (χ0n) is 23.0. The number of halogens is 5. The molecule has 3 rings (SSSR count). The van der Waals surface area contributed by atoms with E-state index in [2.05, 4.69) is 5.32 Å². The molecular weight excluding hydrogens is 584 g/mol. The zero-order valence-corrected chi connectivity index (χ0v) is 23.8. The number of nitrogens with zero attached hydrogens (tertiary/aromatic N) is 1. The lowest BCUT2D eigenvalue weighted by Gasteiger charge is -2.23. The first kappa shape index (κ1) is 32.6. The predicted molar refractivity (Wildman–Crippen MR) is 146 cm³/mol. The lowest BCUT2D eigenvalue weighted by atomic mass is 10.1. The van der Waals surface area contributed by atoms with Gasteiger partial charge in [-0.2, -0.15) is 8.78 Å². The molecule has 226 valence electrons. The number of carbonyl (C=O) groups is 3. The Morgan fingerprint density at radius 3 is 2.31 bits per heavy atom. The smallest absolute Gasteiger partial charge is 0.308 e. The van der Waals surface area contributed by atoms with Crippen molar-refractivity contribution in [2.24, 2.45) is 5.92 Å². The molecule has 0 aliphatic carbocycles. The third-order valence-corrected chi connectivity index (χ3v) is 6.62. The summed E-state index contributed by atoms with van der Waals surface area (Å²) in [7, 11) is 0. The van der Waals surface area contributed by atoms with Crippen molar-refractivity contribution in [3.05, 3.63) is 75.2 Å². The molecule has 0 fully saturated rings. The fraction of sp³-hybridized carbons (Fsp3) is 0.379. The van der Waals surface area contributed by atoms with E-state index in [0.717, 1.165) is 4.57 Å². The number of carbonyl (C=O) groups excluding carboxylic acids is 3. The van der Waals surface area contributed by atoms with Gasteiger partial charge >= 0.3 is 5.97 Å². The van der Waals surface area contributed by atoms with Crippen LogP contribution in [0.5, 0.6) is 5.75 Å². The summed E-state index contributed by atoms with van der Waals surface area (Å²) in [4.78, 5) is 52.0. The number of esters is 1. The summed E-state index contributed by atoms with van der Waals surface area (Å²) >= 11 is 6.03. The van der Waals surface area contributed by atoms with Crippen molar-refractivity contribution >= 4 is 40.0 Å². The van der Waals surface area contributed by atoms with Crippen molar-refractivity contribution in [2.45, 2.75) is 52.1 Å². The number of benzene rings is 2. The Kier molecular flexibility index (Phi) is 11.1. The highest BCUT2D eigenvalue weighted by molar-refractivity contribution is 6.31. The number of fused-ring (bicyclic) bond motifs is 1. The van der Waals surface area contributed by atoms with Gasteiger partial charge in [-0.25, -0.2) is 8.78 Å². The minimum Gasteiger partial charge on any atom is -0.479 e. The molecule has 1 heterocycles. The Balaban J connectivity index is 1.86. The van der Waals surface area contributed by atoms with Gasteiger partial charge in [0.05, 0.1) is 13.0 Å². The molecule has 2 aromatic carbocycles. The van der Waals surface area contributed by atoms with Crippen LogP contribution in [0.3, 0.4) is 0 Å². The number of hydrogen-bond donors (Lipinski definition) is 1. The van der Waals surface area contributed by atoms with Gasteiger partial charge in [-0.15, -0.1) is 0 Å². The summed E-state index contributed by atoms with van der Waals surface area (Å²) in [5, 5.41) is 3.52. The van der Waals surface area contributed by atoms with Crippen LogP contribution in [0, 0.1) is 29.2 Å². The van der Waals surface area contributed by atoms with E-state index < -0.39 is 77.3 Å². The summed E-state index contributed by atoms with van der Waals surface area (Å²) in [6.45, 7) is 4.29. The van der Waals surface area contributed by atoms with Crippen molar-refractivity contribution in [1.29, 1.82) is 0 Å². The first-order valence-corrected chi connectivity index (χ1v) is 13.5. The first-order valence-electron chi connectivity index (χ1n) is 13.1. The van der Waals surface area contributed by atoms with Crippen molar-refractivity contribution < 1.29 is 41.4 Å². The molecule has 3 aromatic rings. The minimum atomic E-state index is -1.86. The van der Waals surface area contributed by atoms with Crippen molar-refractivity contribution in [2.75, 3.05) is 13.2 Å². The molecule has 0 radical (unpaired) electrons. The first-order chi connectivity index (χ1) is 19.8. The Bertz CT molecular complexity index is 1520. The van der Waals surface area contributed by atoms with Crippen LogP contribution in [0.25, 0.3) is 10.8 Å². The van der Waals surface area contributed by atoms with Crippen LogP contribution in [0.2, 0.25) is 5.02 Å². The minimum absolute atomic E-state index is 0.0247. The molecule has 13 heteroatoms. The number of aromatic nitrogens is 1. The maximum atomic E-state index is 14.0. The highest BCUT2D eigenvalue weighted by atomic mass is 35.5. The SMILES string of the molecule is CC[C@@H](C(=O)NC(CC(=O)OCCC(C)C)C(=O)COc1c(F)c(F)cc(F)c1F)n1ccc2ccc(Cl)cc2c1=O. The van der Waals surface area contributed by atoms with Crippen molar-refractivity contribution in [3.8, 4) is 5.75 Å². The number of Topliss-reactive ketones (excluding diaryl/α,β-unsaturated/α-hetero) is 1. The van der Waals surface area contributed by atoms with E-state index in [-0.39, 0.29) is 30.4 Å². The van der Waals surface area contributed by atoms with Gasteiger partial charge in [-0.1, -0.05) is 38.4 Å². The fourth-order valence-electron chi connectivity index (χ4n) is 4.05. The molecule has 0 saturated carbocycles. The molecule has 8 nitrogen and oxygen atoms in total. The van der Waals surface area contributed by atoms with Gasteiger partial charge in [0.25, 0.3) is 5.56 Å². The normalized spacial score (nSPS) is 12.7. The fourth-order valence-corrected chi connectivity index (χ4v) is 4.22. The number of pyridine rings is 1. The van der Waals surface area contributed by atoms with Gasteiger partial charge in [-0.05, 0) is 42.3 Å². The molecule has 2 atom stereocenters. The summed E-state index contributed by atoms with van der Waals surface area (Å²) < 4.78 is 66.2. The largest absolute Gasteiger partial charge is 0.479 e. The van der Waals surface area contributed by atoms with Crippen molar-refractivity contribution in [1.82, 2.24) is 9.88 Å². The monoisotopic (exact) mass is 612 g/mol. The standard InChI is InChI=1S/C29H29ClF4N2O6/c1-4-22(36-9-7-16-5-6-17(30)11-18(16)29(36)40)28(39)35-21(13-24(38)41-10-8-15(2)3)23(37)14-42-27-25(33)19(31)12-20(32)26(27)34/h5-7,9,11-12,15,21-22H,4,8,10,13-14H2,1-3H3,(H,35,39)/t21?,22-/m0/s1. The predicted octanol–water partition coefficient (Wildman–Crippen LogP) is 5.27. The van der Waals surface area contributed by atoms with Gasteiger partial charge in [0.15, 0.2) is 23.2 Å². The van der Waals surface area contributed by atoms with E-state index in [1.165, 1.54) is 12.3 Å². The molecule has 0 bridgehead atoms. The average Bonchev–Trinajstić information content (AvgIpc) is 2.93. The van der Waals surface area contributed by atoms with Crippen LogP contribution in [-0.4, -0.2) is 41.5 Å². The quantitative estimate of drug-likeness (QED) is 0.160. The maximum Gasteiger partial charge on any atom is 0.308 e. The molecule has 0 aliphatic heterocycles. The van der Waals surface area contributed by atoms with Crippen LogP contribution >= 0.6 is 11.6 Å². The van der Waals surface area contributed by atoms with E-state index in [1.54, 1.807) is 25.1 Å². The second-order valence-electron chi connectivity index (χ2n) is 9.90. The van der Waals surface area contributed by atoms with Crippen LogP contribution < -0.4 is 15.6 Å². The second-order valence-corrected chi connectivity index (χ2v) is 10.3. The number of rotatable bonds is 13. The van der Waals surface area contributed by atoms with Crippen molar-refractivity contribution in [3.63, 3.8) is 0 Å². The number of nitrogens with one attached hydrogen (secondary N) is 1. The van der Waals surface area contributed by atoms with Gasteiger partial charge in [0.2, 0.25) is 17.5 Å². The highest BCUT2D eigenvalue weighted by Gasteiger charge is 2.30. The number of ether oxygens (including phenoxy) is 2. The highest BCUT2D eigenvalue weighted by Crippen LogP contribution is 2.26. The van der Waals surface area contributed by atoms with E-state index >= 15 is 0 Å². The number of ketones is 1. The second kappa shape index (κ2) is 14.3. The van der Waals surface area contributed by atoms with Crippen LogP contribution in [-0.2, 0) is 19.1 Å². The average molecular weight is 613 g/mol. The molecule has 1 amide bonds. The van der Waals surface area contributed by atoms with E-state index in [9.17, 15) is 36.7 Å². The Labute approximate surface area is 243 Å². The lowest BCUT2D eigenvalue weighted by Crippen LogP contribution is -2.48. The van der Waals surface area contributed by atoms with Gasteiger partial charge in [0.1, 0.15) is 18.7 Å². The van der Waals surface area contributed by atoms with Crippen LogP contribution in [0.15, 0.2) is 41.3 Å². The molecule has 1 N–H and O–H groups in total. The molecule has 0 saturated heterocycles. The molecule has 1 aromatic heterocycles. The molecular formula is C29H29ClF4N2O6. The molecule has 42 heavy (non-hydrogen) atoms. The van der Waals surface area contributed by atoms with E-state index in [1.807, 2.05) is 13.8 Å². The van der Waals surface area contributed by atoms with Crippen LogP contribution in [0.1, 0.15) is 46.1 Å². The van der Waals surface area contributed by atoms with Gasteiger partial charge < -0.3 is 19.4 Å². The molecule has 1 unspecified atom stereocenters. The van der Waals surface area contributed by atoms with E-state index in [0.29, 0.717) is 16.8 Å². The number of hydrogen-bond acceptors (Lipinski definition) is 6. The Morgan fingerprint density at radius 1 is 1.02 bits per heavy atom. The summed E-state index contributed by atoms with van der Waals surface area (Å²) in [6, 6.07) is 3.50. The summed E-state index contributed by atoms with van der Waals surface area (Å²) in [5.41, 5.74) is -0.532. The van der Waals surface area contributed by atoms with Crippen LogP contribution in [0.4, 0.5) is 17.6 Å². The Morgan fingerprint density at radius 2 is 1.69 bits per heavy atom. The molecule has 0 spiro atoms. The third-order valence-electron chi connectivity index (χ3n) is 6.38. The summed E-state index contributed by atoms with van der Waals surface area (Å²) in [5.74, 6) is -11.2. The Hall–Kier alpha value is -3.93. The number of amides is 1. The zero-order chi connectivity index (χ0) is 31.1. The maximum absolute atomic E-state index is 14.0. The van der Waals surface area contributed by atoms with Gasteiger partial charge in [-0.3, -0.25) is 19.2 Å².